The van der Waals surface area contributed by atoms with Crippen LogP contribution in [0.25, 0.3) is 88.4 Å². The lowest BCUT2D eigenvalue weighted by Gasteiger charge is -2.22. The first-order valence-electron chi connectivity index (χ1n) is 25.6. The summed E-state index contributed by atoms with van der Waals surface area (Å²) in [5.74, 6) is 5.76. The molecule has 6 aromatic carbocycles. The van der Waals surface area contributed by atoms with Crippen LogP contribution in [0.5, 0.6) is 11.5 Å². The van der Waals surface area contributed by atoms with Crippen molar-refractivity contribution in [3.8, 4) is 56.3 Å². The molecule has 2 aliphatic heterocycles. The number of aromatic nitrogens is 8. The summed E-state index contributed by atoms with van der Waals surface area (Å²) in [6, 6.07) is 30.6. The Morgan fingerprint density at radius 3 is 1.46 bits per heavy atom. The van der Waals surface area contributed by atoms with E-state index in [4.69, 9.17) is 19.4 Å². The van der Waals surface area contributed by atoms with Gasteiger partial charge in [-0.15, -0.1) is 0 Å². The Kier molecular flexibility index (Phi) is 13.2. The Hall–Kier alpha value is -8.24. The molecule has 0 unspecified atom stereocenters. The second kappa shape index (κ2) is 20.6. The Bertz CT molecular complexity index is 3480. The number of nitrogens with zero attached hydrogens (tertiary/aromatic N) is 4. The fourth-order valence-electron chi connectivity index (χ4n) is 9.87. The van der Waals surface area contributed by atoms with Gasteiger partial charge in [-0.3, -0.25) is 0 Å². The van der Waals surface area contributed by atoms with Gasteiger partial charge in [-0.1, -0.05) is 107 Å². The second-order valence-corrected chi connectivity index (χ2v) is 18.6. The molecule has 10 heteroatoms. The predicted octanol–water partition coefficient (Wildman–Crippen LogP) is 15.4. The average Bonchev–Trinajstić information content (AvgIpc) is 4.25. The van der Waals surface area contributed by atoms with E-state index in [1.54, 1.807) is 0 Å². The van der Waals surface area contributed by atoms with Gasteiger partial charge >= 0.3 is 0 Å². The van der Waals surface area contributed by atoms with Gasteiger partial charge < -0.3 is 29.4 Å². The van der Waals surface area contributed by atoms with Crippen molar-refractivity contribution in [3.63, 3.8) is 0 Å². The van der Waals surface area contributed by atoms with Crippen LogP contribution in [0.1, 0.15) is 87.8 Å². The number of hydrogen-bond donors (Lipinski definition) is 4. The van der Waals surface area contributed by atoms with Crippen molar-refractivity contribution in [2.75, 3.05) is 0 Å². The molecule has 12 rings (SSSR count). The first-order chi connectivity index (χ1) is 35.5. The van der Waals surface area contributed by atoms with Gasteiger partial charge in [0.2, 0.25) is 0 Å². The number of hydrogen-bond acceptors (Lipinski definition) is 6. The van der Waals surface area contributed by atoms with E-state index >= 15 is 0 Å². The summed E-state index contributed by atoms with van der Waals surface area (Å²) in [4.78, 5) is 32.7. The van der Waals surface area contributed by atoms with Gasteiger partial charge in [-0.25, -0.2) is 19.9 Å². The molecule has 0 saturated carbocycles. The van der Waals surface area contributed by atoms with Crippen molar-refractivity contribution in [1.29, 1.82) is 0 Å². The van der Waals surface area contributed by atoms with Gasteiger partial charge in [0.25, 0.3) is 0 Å². The third-order valence-corrected chi connectivity index (χ3v) is 13.5. The highest BCUT2D eigenvalue weighted by atomic mass is 16.5. The monoisotopic (exact) mass is 948 g/mol. The van der Waals surface area contributed by atoms with E-state index in [-0.39, 0.29) is 0 Å². The standard InChI is InChI=1S/2C31H30N4O/c1-3-5-7-9-29-32-18-27(34-29)21-11-13-23-22(15-21)19-36-28-17-24-20(16-25(23)28)12-14-26-31(24)35-30(33-26)10-8-6-4-2;1-3-5-7-9-29-32-18-27(34-29)21-11-13-23-24-15-20-12-14-26-31(35-30(33-26)10-8-6-4-2)25(20)16-22(24)19-36-28(23)17-21/h2*5-8,11-18H,3-4,9-10,19H2,1-2H3,(H,32,34)(H,33,35). The van der Waals surface area contributed by atoms with E-state index in [0.717, 1.165) is 147 Å². The number of allylic oxidation sites excluding steroid dienone is 8. The maximum Gasteiger partial charge on any atom is 0.128 e. The SMILES string of the molecule is CCC=CCc1ncc(-c2ccc3c(c2)COc2cc4c(ccc5[nH]c(CC=CCC)nc54)cc2-3)[nH]1.CCC=CCc1ncc(-c2ccc3c(c2)OCc2cc4c(ccc5[nH]c(CC=CCC)nc54)cc2-3)[nH]1. The Labute approximate surface area is 420 Å². The highest BCUT2D eigenvalue weighted by Gasteiger charge is 2.22. The van der Waals surface area contributed by atoms with E-state index in [1.807, 2.05) is 12.4 Å². The van der Waals surface area contributed by atoms with E-state index in [1.165, 1.54) is 38.4 Å². The van der Waals surface area contributed by atoms with E-state index < -0.39 is 0 Å². The smallest absolute Gasteiger partial charge is 0.128 e. The fraction of sp³-hybridized carbons (Fsp3) is 0.226. The summed E-state index contributed by atoms with van der Waals surface area (Å²) in [6.45, 7) is 9.66. The maximum atomic E-state index is 6.27. The Balaban J connectivity index is 0.000000156. The van der Waals surface area contributed by atoms with Crippen LogP contribution in [-0.4, -0.2) is 39.9 Å². The topological polar surface area (TPSA) is 133 Å². The molecule has 6 heterocycles. The first kappa shape index (κ1) is 46.2. The summed E-state index contributed by atoms with van der Waals surface area (Å²) < 4.78 is 12.5. The summed E-state index contributed by atoms with van der Waals surface area (Å²) in [5, 5.41) is 4.65. The molecule has 360 valence electrons. The molecule has 72 heavy (non-hydrogen) atoms. The van der Waals surface area contributed by atoms with Crippen molar-refractivity contribution in [1.82, 2.24) is 39.9 Å². The number of ether oxygens (including phenoxy) is 2. The zero-order chi connectivity index (χ0) is 49.0. The third-order valence-electron chi connectivity index (χ3n) is 13.5. The van der Waals surface area contributed by atoms with Crippen LogP contribution < -0.4 is 9.47 Å². The third kappa shape index (κ3) is 9.40. The van der Waals surface area contributed by atoms with E-state index in [9.17, 15) is 0 Å². The summed E-state index contributed by atoms with van der Waals surface area (Å²) in [5.41, 5.74) is 15.5. The Morgan fingerprint density at radius 1 is 0.431 bits per heavy atom. The van der Waals surface area contributed by atoms with Gasteiger partial charge in [0, 0.05) is 53.1 Å². The first-order valence-corrected chi connectivity index (χ1v) is 25.6. The molecule has 10 aromatic rings. The molecule has 0 spiro atoms. The van der Waals surface area contributed by atoms with E-state index in [2.05, 4.69) is 191 Å². The van der Waals surface area contributed by atoms with Gasteiger partial charge in [-0.05, 0) is 119 Å². The number of fused-ring (bicyclic) bond motifs is 12. The molecule has 2 aliphatic rings. The van der Waals surface area contributed by atoms with Gasteiger partial charge in [-0.2, -0.15) is 0 Å². The van der Waals surface area contributed by atoms with E-state index in [0.29, 0.717) is 13.2 Å². The van der Waals surface area contributed by atoms with Crippen LogP contribution in [0.2, 0.25) is 0 Å². The number of rotatable bonds is 14. The van der Waals surface area contributed by atoms with Crippen molar-refractivity contribution < 1.29 is 9.47 Å². The molecule has 0 radical (unpaired) electrons. The molecule has 0 fully saturated rings. The molecule has 0 aliphatic carbocycles. The second-order valence-electron chi connectivity index (χ2n) is 18.6. The molecule has 0 amide bonds. The van der Waals surface area contributed by atoms with Crippen molar-refractivity contribution in [3.05, 3.63) is 180 Å². The summed E-state index contributed by atoms with van der Waals surface area (Å²) in [7, 11) is 0. The lowest BCUT2D eigenvalue weighted by atomic mass is 9.92. The minimum Gasteiger partial charge on any atom is -0.488 e. The molecule has 0 saturated heterocycles. The summed E-state index contributed by atoms with van der Waals surface area (Å²) in [6.07, 6.45) is 28.6. The molecule has 0 bridgehead atoms. The van der Waals surface area contributed by atoms with Gasteiger partial charge in [0.05, 0.1) is 45.8 Å². The lowest BCUT2D eigenvalue weighted by molar-refractivity contribution is 0.302. The quantitative estimate of drug-likeness (QED) is 0.0803. The van der Waals surface area contributed by atoms with Crippen LogP contribution in [-0.2, 0) is 38.9 Å². The average molecular weight is 949 g/mol. The minimum atomic E-state index is 0.546. The normalized spacial score (nSPS) is 13.1. The minimum absolute atomic E-state index is 0.546. The number of nitrogens with one attached hydrogen (secondary N) is 4. The number of benzene rings is 6. The lowest BCUT2D eigenvalue weighted by Crippen LogP contribution is -2.05. The molecule has 0 atom stereocenters. The van der Waals surface area contributed by atoms with Crippen LogP contribution in [0, 0.1) is 0 Å². The Morgan fingerprint density at radius 2 is 0.903 bits per heavy atom. The van der Waals surface area contributed by atoms with Gasteiger partial charge in [0.15, 0.2) is 0 Å². The van der Waals surface area contributed by atoms with Crippen LogP contribution >= 0.6 is 0 Å². The van der Waals surface area contributed by atoms with Gasteiger partial charge in [0.1, 0.15) is 48.0 Å². The largest absolute Gasteiger partial charge is 0.488 e. The predicted molar refractivity (Wildman–Crippen MR) is 294 cm³/mol. The number of imidazole rings is 4. The zero-order valence-electron chi connectivity index (χ0n) is 41.5. The molecule has 4 N–H and O–H groups in total. The van der Waals surface area contributed by atoms with Crippen LogP contribution in [0.4, 0.5) is 0 Å². The van der Waals surface area contributed by atoms with Crippen LogP contribution in [0.15, 0.2) is 146 Å². The number of aromatic amines is 4. The number of H-pyrrole nitrogens is 4. The highest BCUT2D eigenvalue weighted by molar-refractivity contribution is 6.08. The molecular formula is C62H60N8O2. The van der Waals surface area contributed by atoms with Crippen LogP contribution in [0.3, 0.4) is 0 Å². The maximum absolute atomic E-state index is 6.27. The highest BCUT2D eigenvalue weighted by Crippen LogP contribution is 2.44. The van der Waals surface area contributed by atoms with Crippen molar-refractivity contribution in [2.24, 2.45) is 0 Å². The molecule has 10 nitrogen and oxygen atoms in total. The fourth-order valence-corrected chi connectivity index (χ4v) is 9.87. The summed E-state index contributed by atoms with van der Waals surface area (Å²) >= 11 is 0. The zero-order valence-corrected chi connectivity index (χ0v) is 41.5. The van der Waals surface area contributed by atoms with Crippen molar-refractivity contribution >= 4 is 43.6 Å². The molecule has 4 aromatic heterocycles. The van der Waals surface area contributed by atoms with Crippen molar-refractivity contribution in [2.45, 2.75) is 92.3 Å². The molecular weight excluding hydrogens is 889 g/mol.